The van der Waals surface area contributed by atoms with E-state index in [0.717, 1.165) is 12.8 Å². The van der Waals surface area contributed by atoms with Gasteiger partial charge in [-0.25, -0.2) is 4.39 Å². The van der Waals surface area contributed by atoms with Crippen molar-refractivity contribution >= 4 is 5.97 Å². The molecule has 1 aromatic carbocycles. The van der Waals surface area contributed by atoms with Crippen LogP contribution >= 0.6 is 0 Å². The second kappa shape index (κ2) is 5.70. The number of halogens is 1. The van der Waals surface area contributed by atoms with Gasteiger partial charge in [0.2, 0.25) is 0 Å². The molecule has 0 bridgehead atoms. The van der Waals surface area contributed by atoms with E-state index in [4.69, 9.17) is 10.5 Å². The Morgan fingerprint density at radius 2 is 2.16 bits per heavy atom. The van der Waals surface area contributed by atoms with Crippen molar-refractivity contribution in [3.8, 4) is 0 Å². The van der Waals surface area contributed by atoms with Crippen LogP contribution in [0.25, 0.3) is 0 Å². The minimum atomic E-state index is -1.04. The first-order valence-electron chi connectivity index (χ1n) is 6.76. The first-order valence-corrected chi connectivity index (χ1v) is 6.76. The van der Waals surface area contributed by atoms with E-state index in [0.29, 0.717) is 17.9 Å². The predicted molar refractivity (Wildman–Crippen MR) is 71.1 cm³/mol. The van der Waals surface area contributed by atoms with Gasteiger partial charge >= 0.3 is 5.97 Å². The Kier molecular flexibility index (Phi) is 4.20. The molecule has 1 atom stereocenters. The molecule has 0 amide bonds. The van der Waals surface area contributed by atoms with Gasteiger partial charge in [-0.05, 0) is 25.3 Å². The van der Waals surface area contributed by atoms with Gasteiger partial charge in [-0.1, -0.05) is 31.0 Å². The summed E-state index contributed by atoms with van der Waals surface area (Å²) in [7, 11) is 0. The van der Waals surface area contributed by atoms with Gasteiger partial charge in [0.25, 0.3) is 0 Å². The summed E-state index contributed by atoms with van der Waals surface area (Å²) in [4.78, 5) is 12.3. The molecule has 1 aliphatic carbocycles. The Morgan fingerprint density at radius 1 is 1.47 bits per heavy atom. The SMILES string of the molecule is CCOC(=O)C(CN)(CC1CC1)c1ccccc1F. The number of nitrogens with two attached hydrogens (primary N) is 1. The minimum Gasteiger partial charge on any atom is -0.465 e. The number of carbonyl (C=O) groups excluding carboxylic acids is 1. The highest BCUT2D eigenvalue weighted by Gasteiger charge is 2.46. The summed E-state index contributed by atoms with van der Waals surface area (Å²) >= 11 is 0. The zero-order chi connectivity index (χ0) is 13.9. The Morgan fingerprint density at radius 3 is 2.68 bits per heavy atom. The van der Waals surface area contributed by atoms with Gasteiger partial charge in [-0.2, -0.15) is 0 Å². The molecule has 2 N–H and O–H groups in total. The Labute approximate surface area is 112 Å². The van der Waals surface area contributed by atoms with Crippen LogP contribution in [0.4, 0.5) is 4.39 Å². The Balaban J connectivity index is 2.41. The summed E-state index contributed by atoms with van der Waals surface area (Å²) in [5, 5.41) is 0. The van der Waals surface area contributed by atoms with E-state index in [2.05, 4.69) is 0 Å². The molecule has 1 aliphatic rings. The monoisotopic (exact) mass is 265 g/mol. The van der Waals surface area contributed by atoms with Crippen LogP contribution in [0.3, 0.4) is 0 Å². The van der Waals surface area contributed by atoms with Gasteiger partial charge in [0, 0.05) is 12.1 Å². The van der Waals surface area contributed by atoms with Crippen molar-refractivity contribution in [1.82, 2.24) is 0 Å². The van der Waals surface area contributed by atoms with Crippen molar-refractivity contribution in [1.29, 1.82) is 0 Å². The molecule has 1 unspecified atom stereocenters. The molecular formula is C15H20FNO2. The van der Waals surface area contributed by atoms with Crippen molar-refractivity contribution in [2.45, 2.75) is 31.6 Å². The van der Waals surface area contributed by atoms with E-state index in [1.807, 2.05) is 0 Å². The summed E-state index contributed by atoms with van der Waals surface area (Å²) in [5.74, 6) is -0.344. The van der Waals surface area contributed by atoms with E-state index in [1.54, 1.807) is 25.1 Å². The lowest BCUT2D eigenvalue weighted by atomic mass is 9.75. The molecule has 2 rings (SSSR count). The third-order valence-corrected chi connectivity index (χ3v) is 3.74. The molecule has 0 aliphatic heterocycles. The van der Waals surface area contributed by atoms with E-state index in [-0.39, 0.29) is 19.0 Å². The summed E-state index contributed by atoms with van der Waals surface area (Å²) in [6.07, 6.45) is 2.73. The fraction of sp³-hybridized carbons (Fsp3) is 0.533. The van der Waals surface area contributed by atoms with Crippen LogP contribution in [0.1, 0.15) is 31.7 Å². The number of carbonyl (C=O) groups is 1. The fourth-order valence-corrected chi connectivity index (χ4v) is 2.51. The van der Waals surface area contributed by atoms with Crippen molar-refractivity contribution in [2.24, 2.45) is 11.7 Å². The van der Waals surface area contributed by atoms with Gasteiger partial charge in [-0.15, -0.1) is 0 Å². The van der Waals surface area contributed by atoms with Gasteiger partial charge in [0.05, 0.1) is 6.61 Å². The fourth-order valence-electron chi connectivity index (χ4n) is 2.51. The van der Waals surface area contributed by atoms with Crippen LogP contribution in [0, 0.1) is 11.7 Å². The van der Waals surface area contributed by atoms with Crippen molar-refractivity contribution in [3.05, 3.63) is 35.6 Å². The lowest BCUT2D eigenvalue weighted by Gasteiger charge is -2.31. The topological polar surface area (TPSA) is 52.3 Å². The molecule has 3 nitrogen and oxygen atoms in total. The highest BCUT2D eigenvalue weighted by atomic mass is 19.1. The molecule has 0 radical (unpaired) electrons. The van der Waals surface area contributed by atoms with E-state index < -0.39 is 11.4 Å². The first kappa shape index (κ1) is 14.0. The quantitative estimate of drug-likeness (QED) is 0.803. The minimum absolute atomic E-state index is 0.0727. The largest absolute Gasteiger partial charge is 0.465 e. The maximum atomic E-state index is 14.1. The third kappa shape index (κ3) is 2.78. The Hall–Kier alpha value is -1.42. The second-order valence-corrected chi connectivity index (χ2v) is 5.13. The molecular weight excluding hydrogens is 245 g/mol. The molecule has 4 heteroatoms. The average Bonchev–Trinajstić information content (AvgIpc) is 3.21. The predicted octanol–water partition coefficient (Wildman–Crippen LogP) is 2.39. The van der Waals surface area contributed by atoms with Gasteiger partial charge in [0.1, 0.15) is 11.2 Å². The van der Waals surface area contributed by atoms with Crippen molar-refractivity contribution in [3.63, 3.8) is 0 Å². The molecule has 1 fully saturated rings. The van der Waals surface area contributed by atoms with Crippen LogP contribution in [-0.4, -0.2) is 19.1 Å². The maximum absolute atomic E-state index is 14.1. The van der Waals surface area contributed by atoms with Crippen LogP contribution in [0.15, 0.2) is 24.3 Å². The molecule has 1 saturated carbocycles. The molecule has 0 spiro atoms. The van der Waals surface area contributed by atoms with E-state index in [9.17, 15) is 9.18 Å². The second-order valence-electron chi connectivity index (χ2n) is 5.13. The van der Waals surface area contributed by atoms with E-state index in [1.165, 1.54) is 6.07 Å². The number of hydrogen-bond donors (Lipinski definition) is 1. The van der Waals surface area contributed by atoms with Crippen LogP contribution in [-0.2, 0) is 14.9 Å². The highest BCUT2D eigenvalue weighted by molar-refractivity contribution is 5.83. The third-order valence-electron chi connectivity index (χ3n) is 3.74. The lowest BCUT2D eigenvalue weighted by molar-refractivity contribution is -0.150. The van der Waals surface area contributed by atoms with Crippen molar-refractivity contribution < 1.29 is 13.9 Å². The van der Waals surface area contributed by atoms with Crippen LogP contribution in [0.5, 0.6) is 0 Å². The number of hydrogen-bond acceptors (Lipinski definition) is 3. The van der Waals surface area contributed by atoms with Gasteiger partial charge in [-0.3, -0.25) is 4.79 Å². The number of rotatable bonds is 6. The molecule has 104 valence electrons. The Bertz CT molecular complexity index is 459. The standard InChI is InChI=1S/C15H20FNO2/c1-2-19-14(18)15(10-17,9-11-7-8-11)12-5-3-4-6-13(12)16/h3-6,11H,2,7-10,17H2,1H3. The zero-order valence-corrected chi connectivity index (χ0v) is 11.2. The average molecular weight is 265 g/mol. The molecule has 0 aromatic heterocycles. The number of esters is 1. The van der Waals surface area contributed by atoms with Crippen LogP contribution in [0.2, 0.25) is 0 Å². The van der Waals surface area contributed by atoms with Gasteiger partial charge in [0.15, 0.2) is 0 Å². The maximum Gasteiger partial charge on any atom is 0.317 e. The lowest BCUT2D eigenvalue weighted by Crippen LogP contribution is -2.45. The summed E-state index contributed by atoms with van der Waals surface area (Å²) in [5.41, 5.74) is 5.17. The summed E-state index contributed by atoms with van der Waals surface area (Å²) in [6, 6.07) is 6.35. The molecule has 0 saturated heterocycles. The normalized spacial score (nSPS) is 17.8. The summed E-state index contributed by atoms with van der Waals surface area (Å²) < 4.78 is 19.2. The van der Waals surface area contributed by atoms with E-state index >= 15 is 0 Å². The smallest absolute Gasteiger partial charge is 0.317 e. The molecule has 1 aromatic rings. The highest BCUT2D eigenvalue weighted by Crippen LogP contribution is 2.43. The first-order chi connectivity index (χ1) is 9.14. The number of ether oxygens (including phenoxy) is 1. The zero-order valence-electron chi connectivity index (χ0n) is 11.2. The van der Waals surface area contributed by atoms with Gasteiger partial charge < -0.3 is 10.5 Å². The summed E-state index contributed by atoms with van der Waals surface area (Å²) in [6.45, 7) is 2.10. The van der Waals surface area contributed by atoms with Crippen molar-refractivity contribution in [2.75, 3.05) is 13.2 Å². The molecule has 0 heterocycles. The molecule has 19 heavy (non-hydrogen) atoms. The number of benzene rings is 1. The van der Waals surface area contributed by atoms with Crippen LogP contribution < -0.4 is 5.73 Å².